The molecule has 0 amide bonds. The molecule has 0 bridgehead atoms. The van der Waals surface area contributed by atoms with Crippen LogP contribution in [-0.4, -0.2) is 11.6 Å². The Bertz CT molecular complexity index is 529. The first-order valence-electron chi connectivity index (χ1n) is 5.78. The van der Waals surface area contributed by atoms with E-state index in [1.54, 1.807) is 6.20 Å². The minimum atomic E-state index is 0.472. The van der Waals surface area contributed by atoms with Crippen LogP contribution >= 0.6 is 0 Å². The van der Waals surface area contributed by atoms with Crippen molar-refractivity contribution in [3.8, 4) is 17.4 Å². The zero-order valence-electron chi connectivity index (χ0n) is 10.7. The Labute approximate surface area is 101 Å². The summed E-state index contributed by atoms with van der Waals surface area (Å²) in [5.74, 6) is 1.09. The summed E-state index contributed by atoms with van der Waals surface area (Å²) in [6, 6.07) is 4.25. The molecular weight excluding hydrogens is 214 g/mol. The van der Waals surface area contributed by atoms with Crippen LogP contribution in [0.1, 0.15) is 23.6 Å². The van der Waals surface area contributed by atoms with E-state index in [1.165, 1.54) is 11.1 Å². The van der Waals surface area contributed by atoms with Gasteiger partial charge in [-0.15, -0.1) is 0 Å². The average Bonchev–Trinajstić information content (AvgIpc) is 2.72. The van der Waals surface area contributed by atoms with Gasteiger partial charge < -0.3 is 9.15 Å². The van der Waals surface area contributed by atoms with Crippen molar-refractivity contribution in [2.45, 2.75) is 27.7 Å². The monoisotopic (exact) mass is 231 g/mol. The Hall–Kier alpha value is -1.77. The Balaban J connectivity index is 2.41. The first-order chi connectivity index (χ1) is 8.11. The van der Waals surface area contributed by atoms with Crippen LogP contribution in [0.4, 0.5) is 0 Å². The van der Waals surface area contributed by atoms with Crippen molar-refractivity contribution in [2.24, 2.45) is 0 Å². The maximum atomic E-state index is 5.55. The molecule has 0 atom stereocenters. The molecule has 0 saturated carbocycles. The number of aromatic nitrogens is 1. The minimum absolute atomic E-state index is 0.472. The number of oxazole rings is 1. The molecule has 0 saturated heterocycles. The van der Waals surface area contributed by atoms with Gasteiger partial charge in [-0.25, -0.2) is 4.98 Å². The minimum Gasteiger partial charge on any atom is -0.464 e. The van der Waals surface area contributed by atoms with E-state index < -0.39 is 0 Å². The van der Waals surface area contributed by atoms with Gasteiger partial charge in [0.25, 0.3) is 0 Å². The molecule has 0 N–H and O–H groups in total. The van der Waals surface area contributed by atoms with E-state index in [1.807, 2.05) is 6.92 Å². The SMILES string of the molecule is CCOc1cnc(-c2cc(C)c(C)cc2C)o1. The lowest BCUT2D eigenvalue weighted by atomic mass is 10.0. The topological polar surface area (TPSA) is 35.3 Å². The molecule has 0 fully saturated rings. The van der Waals surface area contributed by atoms with Gasteiger partial charge >= 0.3 is 5.95 Å². The van der Waals surface area contributed by atoms with Crippen molar-refractivity contribution in [2.75, 3.05) is 6.61 Å². The normalized spacial score (nSPS) is 10.6. The Kier molecular flexibility index (Phi) is 3.18. The molecule has 1 aromatic carbocycles. The lowest BCUT2D eigenvalue weighted by Gasteiger charge is -2.06. The predicted molar refractivity (Wildman–Crippen MR) is 67.3 cm³/mol. The number of rotatable bonds is 3. The molecule has 2 rings (SSSR count). The molecule has 0 aliphatic heterocycles. The van der Waals surface area contributed by atoms with Crippen molar-refractivity contribution < 1.29 is 9.15 Å². The molecule has 0 spiro atoms. The number of nitrogens with zero attached hydrogens (tertiary/aromatic N) is 1. The highest BCUT2D eigenvalue weighted by Crippen LogP contribution is 2.28. The molecule has 0 radical (unpaired) electrons. The van der Waals surface area contributed by atoms with E-state index in [2.05, 4.69) is 37.9 Å². The second-order valence-electron chi connectivity index (χ2n) is 4.17. The summed E-state index contributed by atoms with van der Waals surface area (Å²) in [7, 11) is 0. The van der Waals surface area contributed by atoms with E-state index in [-0.39, 0.29) is 0 Å². The molecule has 3 nitrogen and oxygen atoms in total. The van der Waals surface area contributed by atoms with E-state index in [9.17, 15) is 0 Å². The summed E-state index contributed by atoms with van der Waals surface area (Å²) in [6.45, 7) is 8.76. The van der Waals surface area contributed by atoms with E-state index >= 15 is 0 Å². The summed E-state index contributed by atoms with van der Waals surface area (Å²) in [4.78, 5) is 4.24. The molecule has 2 aromatic rings. The van der Waals surface area contributed by atoms with Gasteiger partial charge in [-0.2, -0.15) is 0 Å². The molecule has 0 aliphatic carbocycles. The number of hydrogen-bond donors (Lipinski definition) is 0. The van der Waals surface area contributed by atoms with Gasteiger partial charge in [0.1, 0.15) is 6.20 Å². The third kappa shape index (κ3) is 2.33. The van der Waals surface area contributed by atoms with E-state index in [0.717, 1.165) is 11.1 Å². The molecular formula is C14H17NO2. The van der Waals surface area contributed by atoms with Crippen LogP contribution in [0.2, 0.25) is 0 Å². The second-order valence-corrected chi connectivity index (χ2v) is 4.17. The lowest BCUT2D eigenvalue weighted by molar-refractivity contribution is 0.260. The average molecular weight is 231 g/mol. The summed E-state index contributed by atoms with van der Waals surface area (Å²) >= 11 is 0. The van der Waals surface area contributed by atoms with Gasteiger partial charge in [0, 0.05) is 5.56 Å². The fourth-order valence-corrected chi connectivity index (χ4v) is 1.78. The molecule has 1 aromatic heterocycles. The van der Waals surface area contributed by atoms with Gasteiger partial charge in [-0.1, -0.05) is 6.07 Å². The molecule has 90 valence electrons. The smallest absolute Gasteiger partial charge is 0.305 e. The predicted octanol–water partition coefficient (Wildman–Crippen LogP) is 3.67. The van der Waals surface area contributed by atoms with Crippen molar-refractivity contribution in [1.82, 2.24) is 4.98 Å². The summed E-state index contributed by atoms with van der Waals surface area (Å²) in [6.07, 6.45) is 1.62. The van der Waals surface area contributed by atoms with Crippen LogP contribution in [-0.2, 0) is 0 Å². The van der Waals surface area contributed by atoms with Crippen molar-refractivity contribution in [3.63, 3.8) is 0 Å². The fourth-order valence-electron chi connectivity index (χ4n) is 1.78. The third-order valence-electron chi connectivity index (χ3n) is 2.84. The summed E-state index contributed by atoms with van der Waals surface area (Å²) < 4.78 is 10.8. The number of ether oxygens (including phenoxy) is 1. The third-order valence-corrected chi connectivity index (χ3v) is 2.84. The van der Waals surface area contributed by atoms with Crippen LogP contribution in [0.5, 0.6) is 5.95 Å². The largest absolute Gasteiger partial charge is 0.464 e. The Morgan fingerprint density at radius 2 is 1.82 bits per heavy atom. The van der Waals surface area contributed by atoms with Gasteiger partial charge in [0.2, 0.25) is 5.89 Å². The van der Waals surface area contributed by atoms with Crippen molar-refractivity contribution >= 4 is 0 Å². The van der Waals surface area contributed by atoms with Crippen LogP contribution in [0.15, 0.2) is 22.7 Å². The molecule has 0 aliphatic rings. The quantitative estimate of drug-likeness (QED) is 0.808. The first-order valence-corrected chi connectivity index (χ1v) is 5.78. The van der Waals surface area contributed by atoms with Crippen molar-refractivity contribution in [3.05, 3.63) is 35.0 Å². The number of hydrogen-bond acceptors (Lipinski definition) is 3. The van der Waals surface area contributed by atoms with E-state index in [0.29, 0.717) is 18.4 Å². The van der Waals surface area contributed by atoms with Crippen LogP contribution in [0.3, 0.4) is 0 Å². The first kappa shape index (κ1) is 11.7. The van der Waals surface area contributed by atoms with Gasteiger partial charge in [-0.05, 0) is 50.5 Å². The summed E-state index contributed by atoms with van der Waals surface area (Å²) in [5, 5.41) is 0. The highest BCUT2D eigenvalue weighted by Gasteiger charge is 2.11. The molecule has 3 heteroatoms. The molecule has 17 heavy (non-hydrogen) atoms. The summed E-state index contributed by atoms with van der Waals surface area (Å²) in [5.41, 5.74) is 4.71. The Morgan fingerprint density at radius 1 is 1.12 bits per heavy atom. The maximum absolute atomic E-state index is 5.55. The lowest BCUT2D eigenvalue weighted by Crippen LogP contribution is -1.89. The van der Waals surface area contributed by atoms with Gasteiger partial charge in [-0.3, -0.25) is 0 Å². The molecule has 0 unspecified atom stereocenters. The van der Waals surface area contributed by atoms with Crippen LogP contribution < -0.4 is 4.74 Å². The van der Waals surface area contributed by atoms with E-state index in [4.69, 9.17) is 9.15 Å². The standard InChI is InChI=1S/C14H17NO2/c1-5-16-13-8-15-14(17-13)12-7-10(3)9(2)6-11(12)4/h6-8H,5H2,1-4H3. The van der Waals surface area contributed by atoms with Crippen LogP contribution in [0, 0.1) is 20.8 Å². The number of aryl methyl sites for hydroxylation is 3. The second kappa shape index (κ2) is 4.62. The fraction of sp³-hybridized carbons (Fsp3) is 0.357. The zero-order valence-corrected chi connectivity index (χ0v) is 10.7. The highest BCUT2D eigenvalue weighted by molar-refractivity contribution is 5.61. The van der Waals surface area contributed by atoms with Gasteiger partial charge in [0.05, 0.1) is 6.61 Å². The van der Waals surface area contributed by atoms with Gasteiger partial charge in [0.15, 0.2) is 0 Å². The van der Waals surface area contributed by atoms with Crippen LogP contribution in [0.25, 0.3) is 11.5 Å². The Morgan fingerprint density at radius 3 is 2.53 bits per heavy atom. The molecule has 1 heterocycles. The van der Waals surface area contributed by atoms with Crippen molar-refractivity contribution in [1.29, 1.82) is 0 Å². The number of benzene rings is 1. The maximum Gasteiger partial charge on any atom is 0.305 e. The zero-order chi connectivity index (χ0) is 12.4. The highest BCUT2D eigenvalue weighted by atomic mass is 16.6.